The van der Waals surface area contributed by atoms with Crippen LogP contribution >= 0.6 is 0 Å². The highest BCUT2D eigenvalue weighted by Gasteiger charge is 2.16. The van der Waals surface area contributed by atoms with Crippen LogP contribution in [0.2, 0.25) is 0 Å². The molecule has 0 spiro atoms. The standard InChI is InChI=1S/C11H14FN3O2/c1-6-3-4-8(5-9(6)12)7(2)14-10(16)11(17)15-13/h3-5,7H,13H2,1-2H3,(H,14,16)(H,15,17). The van der Waals surface area contributed by atoms with Crippen LogP contribution < -0.4 is 16.6 Å². The normalized spacial score (nSPS) is 11.8. The van der Waals surface area contributed by atoms with Gasteiger partial charge in [-0.3, -0.25) is 15.0 Å². The minimum absolute atomic E-state index is 0.355. The second kappa shape index (κ2) is 5.40. The first-order valence-corrected chi connectivity index (χ1v) is 5.03. The Labute approximate surface area is 98.2 Å². The van der Waals surface area contributed by atoms with Crippen molar-refractivity contribution in [3.63, 3.8) is 0 Å². The summed E-state index contributed by atoms with van der Waals surface area (Å²) in [7, 11) is 0. The average molecular weight is 239 g/mol. The molecular formula is C11H14FN3O2. The molecule has 1 atom stereocenters. The molecule has 0 saturated carbocycles. The molecule has 0 saturated heterocycles. The molecule has 0 aliphatic rings. The first-order chi connectivity index (χ1) is 7.95. The number of aryl methyl sites for hydroxylation is 1. The van der Waals surface area contributed by atoms with Crippen molar-refractivity contribution in [3.8, 4) is 0 Å². The molecule has 17 heavy (non-hydrogen) atoms. The lowest BCUT2D eigenvalue weighted by atomic mass is 10.1. The quantitative estimate of drug-likeness (QED) is 0.300. The SMILES string of the molecule is Cc1ccc(C(C)NC(=O)C(=O)NN)cc1F. The number of carbonyl (C=O) groups is 2. The number of hydrogen-bond acceptors (Lipinski definition) is 3. The highest BCUT2D eigenvalue weighted by Crippen LogP contribution is 2.15. The molecule has 4 N–H and O–H groups in total. The Kier molecular flexibility index (Phi) is 4.17. The lowest BCUT2D eigenvalue weighted by Crippen LogP contribution is -2.43. The van der Waals surface area contributed by atoms with Crippen molar-refractivity contribution in [2.45, 2.75) is 19.9 Å². The Balaban J connectivity index is 2.76. The molecule has 0 aliphatic carbocycles. The second-order valence-electron chi connectivity index (χ2n) is 3.68. The number of hydrazine groups is 1. The van der Waals surface area contributed by atoms with E-state index in [-0.39, 0.29) is 5.82 Å². The third kappa shape index (κ3) is 3.25. The van der Waals surface area contributed by atoms with Crippen LogP contribution in [-0.2, 0) is 9.59 Å². The molecule has 0 bridgehead atoms. The van der Waals surface area contributed by atoms with Gasteiger partial charge in [-0.1, -0.05) is 12.1 Å². The van der Waals surface area contributed by atoms with Crippen molar-refractivity contribution in [1.29, 1.82) is 0 Å². The fourth-order valence-corrected chi connectivity index (χ4v) is 1.29. The van der Waals surface area contributed by atoms with Gasteiger partial charge in [0.25, 0.3) is 0 Å². The summed E-state index contributed by atoms with van der Waals surface area (Å²) in [6, 6.07) is 4.13. The lowest BCUT2D eigenvalue weighted by Gasteiger charge is -2.14. The summed E-state index contributed by atoms with van der Waals surface area (Å²) in [5.41, 5.74) is 2.81. The third-order valence-corrected chi connectivity index (χ3v) is 2.38. The van der Waals surface area contributed by atoms with E-state index < -0.39 is 17.9 Å². The molecule has 0 fully saturated rings. The van der Waals surface area contributed by atoms with E-state index in [9.17, 15) is 14.0 Å². The minimum atomic E-state index is -0.940. The largest absolute Gasteiger partial charge is 0.341 e. The maximum atomic E-state index is 13.3. The summed E-state index contributed by atoms with van der Waals surface area (Å²) >= 11 is 0. The molecule has 2 amide bonds. The smallest absolute Gasteiger partial charge is 0.323 e. The van der Waals surface area contributed by atoms with E-state index in [0.29, 0.717) is 11.1 Å². The number of benzene rings is 1. The summed E-state index contributed by atoms with van der Waals surface area (Å²) in [6.07, 6.45) is 0. The Morgan fingerprint density at radius 2 is 2.00 bits per heavy atom. The van der Waals surface area contributed by atoms with Gasteiger partial charge >= 0.3 is 11.8 Å². The Morgan fingerprint density at radius 3 is 2.53 bits per heavy atom. The summed E-state index contributed by atoms with van der Waals surface area (Å²) in [4.78, 5) is 22.1. The molecule has 0 aliphatic heterocycles. The average Bonchev–Trinajstić information content (AvgIpc) is 2.31. The van der Waals surface area contributed by atoms with Crippen molar-refractivity contribution < 1.29 is 14.0 Å². The lowest BCUT2D eigenvalue weighted by molar-refractivity contribution is -0.139. The monoisotopic (exact) mass is 239 g/mol. The highest BCUT2D eigenvalue weighted by molar-refractivity contribution is 6.34. The van der Waals surface area contributed by atoms with Crippen LogP contribution in [0.3, 0.4) is 0 Å². The summed E-state index contributed by atoms with van der Waals surface area (Å²) in [6.45, 7) is 3.29. The first kappa shape index (κ1) is 13.1. The summed E-state index contributed by atoms with van der Waals surface area (Å²) < 4.78 is 13.3. The Bertz CT molecular complexity index is 448. The molecular weight excluding hydrogens is 225 g/mol. The zero-order valence-corrected chi connectivity index (χ0v) is 9.58. The molecule has 1 rings (SSSR count). The van der Waals surface area contributed by atoms with Crippen molar-refractivity contribution in [1.82, 2.24) is 10.7 Å². The van der Waals surface area contributed by atoms with Gasteiger partial charge in [0.15, 0.2) is 0 Å². The fraction of sp³-hybridized carbons (Fsp3) is 0.273. The second-order valence-corrected chi connectivity index (χ2v) is 3.68. The molecule has 0 aromatic heterocycles. The summed E-state index contributed by atoms with van der Waals surface area (Å²) in [5.74, 6) is 2.66. The van der Waals surface area contributed by atoms with Crippen molar-refractivity contribution in [2.24, 2.45) is 5.84 Å². The zero-order chi connectivity index (χ0) is 13.0. The van der Waals surface area contributed by atoms with Crippen molar-refractivity contribution in [2.75, 3.05) is 0 Å². The van der Waals surface area contributed by atoms with E-state index in [1.807, 2.05) is 0 Å². The maximum Gasteiger partial charge on any atom is 0.323 e. The number of halogens is 1. The van der Waals surface area contributed by atoms with Gasteiger partial charge in [0.1, 0.15) is 5.82 Å². The van der Waals surface area contributed by atoms with E-state index in [1.165, 1.54) is 6.07 Å². The topological polar surface area (TPSA) is 84.2 Å². The molecule has 0 heterocycles. The van der Waals surface area contributed by atoms with Crippen molar-refractivity contribution in [3.05, 3.63) is 35.1 Å². The third-order valence-electron chi connectivity index (χ3n) is 2.38. The van der Waals surface area contributed by atoms with Gasteiger partial charge in [0.2, 0.25) is 0 Å². The molecule has 1 unspecified atom stereocenters. The van der Waals surface area contributed by atoms with Crippen LogP contribution in [-0.4, -0.2) is 11.8 Å². The number of nitrogens with one attached hydrogen (secondary N) is 2. The van der Waals surface area contributed by atoms with Gasteiger partial charge in [-0.15, -0.1) is 0 Å². The zero-order valence-electron chi connectivity index (χ0n) is 9.58. The van der Waals surface area contributed by atoms with Crippen LogP contribution in [0.15, 0.2) is 18.2 Å². The van der Waals surface area contributed by atoms with E-state index in [1.54, 1.807) is 31.4 Å². The fourth-order valence-electron chi connectivity index (χ4n) is 1.29. The van der Waals surface area contributed by atoms with E-state index in [2.05, 4.69) is 5.32 Å². The predicted octanol–water partition coefficient (Wildman–Crippen LogP) is 0.301. The van der Waals surface area contributed by atoms with Crippen LogP contribution in [0.4, 0.5) is 4.39 Å². The van der Waals surface area contributed by atoms with Gasteiger partial charge < -0.3 is 5.32 Å². The van der Waals surface area contributed by atoms with Gasteiger partial charge in [-0.25, -0.2) is 10.2 Å². The van der Waals surface area contributed by atoms with E-state index in [0.717, 1.165) is 0 Å². The van der Waals surface area contributed by atoms with Gasteiger partial charge in [-0.2, -0.15) is 0 Å². The van der Waals surface area contributed by atoms with Gasteiger partial charge in [-0.05, 0) is 31.0 Å². The first-order valence-electron chi connectivity index (χ1n) is 5.03. The summed E-state index contributed by atoms with van der Waals surface area (Å²) in [5, 5.41) is 2.40. The Morgan fingerprint density at radius 1 is 1.35 bits per heavy atom. The maximum absolute atomic E-state index is 13.3. The van der Waals surface area contributed by atoms with E-state index >= 15 is 0 Å². The number of carbonyl (C=O) groups excluding carboxylic acids is 2. The number of hydrogen-bond donors (Lipinski definition) is 3. The number of rotatable bonds is 2. The molecule has 92 valence electrons. The van der Waals surface area contributed by atoms with Crippen LogP contribution in [0.5, 0.6) is 0 Å². The Hall–Kier alpha value is -1.95. The number of nitrogens with two attached hydrogens (primary N) is 1. The predicted molar refractivity (Wildman–Crippen MR) is 60.0 cm³/mol. The molecule has 5 nitrogen and oxygen atoms in total. The van der Waals surface area contributed by atoms with Gasteiger partial charge in [0, 0.05) is 0 Å². The number of amides is 2. The molecule has 1 aromatic carbocycles. The van der Waals surface area contributed by atoms with Crippen LogP contribution in [0, 0.1) is 12.7 Å². The highest BCUT2D eigenvalue weighted by atomic mass is 19.1. The molecule has 0 radical (unpaired) electrons. The van der Waals surface area contributed by atoms with Crippen LogP contribution in [0.25, 0.3) is 0 Å². The van der Waals surface area contributed by atoms with Gasteiger partial charge in [0.05, 0.1) is 6.04 Å². The van der Waals surface area contributed by atoms with Crippen LogP contribution in [0.1, 0.15) is 24.1 Å². The molecule has 1 aromatic rings. The van der Waals surface area contributed by atoms with E-state index in [4.69, 9.17) is 5.84 Å². The van der Waals surface area contributed by atoms with Crippen molar-refractivity contribution >= 4 is 11.8 Å². The molecule has 6 heteroatoms. The minimum Gasteiger partial charge on any atom is -0.341 e.